The number of hydrogen-bond donors (Lipinski definition) is 0. The third-order valence-electron chi connectivity index (χ3n) is 7.69. The Morgan fingerprint density at radius 2 is 1.23 bits per heavy atom. The van der Waals surface area contributed by atoms with Gasteiger partial charge in [0.1, 0.15) is 11.9 Å². The lowest BCUT2D eigenvalue weighted by Gasteiger charge is -2.43. The number of benzene rings is 3. The lowest BCUT2D eigenvalue weighted by Crippen LogP contribution is -2.39. The van der Waals surface area contributed by atoms with Crippen molar-refractivity contribution >= 4 is 9.84 Å². The van der Waals surface area contributed by atoms with E-state index in [1.807, 2.05) is 66.7 Å². The van der Waals surface area contributed by atoms with E-state index in [-0.39, 0.29) is 23.9 Å². The molecule has 0 amide bonds. The van der Waals surface area contributed by atoms with Crippen molar-refractivity contribution in [2.24, 2.45) is 23.7 Å². The lowest BCUT2D eigenvalue weighted by atomic mass is 9.72. The van der Waals surface area contributed by atoms with Crippen LogP contribution in [-0.4, -0.2) is 15.5 Å². The molecule has 0 heterocycles. The summed E-state index contributed by atoms with van der Waals surface area (Å²) in [5, 5.41) is 0. The van der Waals surface area contributed by atoms with Crippen molar-refractivity contribution in [3.8, 4) is 0 Å². The van der Waals surface area contributed by atoms with Crippen LogP contribution >= 0.6 is 0 Å². The van der Waals surface area contributed by atoms with Crippen LogP contribution in [0.5, 0.6) is 0 Å². The molecule has 178 valence electrons. The van der Waals surface area contributed by atoms with Crippen LogP contribution in [-0.2, 0) is 19.3 Å². The topological polar surface area (TPSA) is 52.6 Å². The third kappa shape index (κ3) is 3.65. The fraction of sp³-hybridized carbons (Fsp3) is 0.267. The van der Waals surface area contributed by atoms with Crippen LogP contribution in [0.2, 0.25) is 0 Å². The Kier molecular flexibility index (Phi) is 5.62. The molecule has 1 saturated carbocycles. The average molecular weight is 485 g/mol. The maximum atomic E-state index is 13.9. The summed E-state index contributed by atoms with van der Waals surface area (Å²) in [6.07, 6.45) is 4.55. The molecule has 2 bridgehead atoms. The first-order valence-corrected chi connectivity index (χ1v) is 13.6. The second-order valence-electron chi connectivity index (χ2n) is 9.56. The molecular weight excluding hydrogens is 456 g/mol. The first kappa shape index (κ1) is 22.3. The van der Waals surface area contributed by atoms with Crippen LogP contribution in [0, 0.1) is 23.7 Å². The quantitative estimate of drug-likeness (QED) is 0.354. The van der Waals surface area contributed by atoms with Crippen molar-refractivity contribution in [2.75, 3.05) is 7.11 Å². The first-order valence-electron chi connectivity index (χ1n) is 12.1. The van der Waals surface area contributed by atoms with Gasteiger partial charge in [0.25, 0.3) is 0 Å². The number of allylic oxidation sites excluding steroid dienone is 4. The largest absolute Gasteiger partial charge is 0.486 e. The molecule has 0 spiro atoms. The predicted molar refractivity (Wildman–Crippen MR) is 135 cm³/mol. The molecule has 0 radical (unpaired) electrons. The molecule has 1 fully saturated rings. The number of methoxy groups -OCH3 is 1. The highest BCUT2D eigenvalue weighted by Crippen LogP contribution is 2.64. The summed E-state index contributed by atoms with van der Waals surface area (Å²) in [5.74, 6) is 1.28. The summed E-state index contributed by atoms with van der Waals surface area (Å²) < 4.78 is 40.6. The van der Waals surface area contributed by atoms with E-state index in [0.29, 0.717) is 21.5 Å². The standard InChI is InChI=1S/C30H28O4S/c1-33-27(20-11-5-2-6-12-20)28(21-13-7-3-8-14-21)34-29-25-22-17-18-23(19-22)26(25)30(29)35(31,32)24-15-9-4-10-16-24/h2-18,22-23,25-28H,19H2,1H3/t22-,23+,25+,26-,27+,28+/m0/s1. The first-order chi connectivity index (χ1) is 17.1. The molecule has 6 atom stereocenters. The molecule has 4 nitrogen and oxygen atoms in total. The van der Waals surface area contributed by atoms with Gasteiger partial charge in [0.05, 0.1) is 9.80 Å². The van der Waals surface area contributed by atoms with E-state index in [2.05, 4.69) is 12.2 Å². The second-order valence-corrected chi connectivity index (χ2v) is 11.5. The van der Waals surface area contributed by atoms with Crippen LogP contribution in [0.25, 0.3) is 0 Å². The van der Waals surface area contributed by atoms with Gasteiger partial charge in [0.15, 0.2) is 6.10 Å². The van der Waals surface area contributed by atoms with Crippen molar-refractivity contribution in [1.82, 2.24) is 0 Å². The number of hydrogen-bond acceptors (Lipinski definition) is 4. The Balaban J connectivity index is 1.47. The summed E-state index contributed by atoms with van der Waals surface area (Å²) >= 11 is 0. The molecule has 0 unspecified atom stereocenters. The minimum absolute atomic E-state index is 0.0145. The van der Waals surface area contributed by atoms with Gasteiger partial charge in [-0.3, -0.25) is 0 Å². The Morgan fingerprint density at radius 3 is 1.80 bits per heavy atom. The van der Waals surface area contributed by atoms with Crippen LogP contribution < -0.4 is 0 Å². The van der Waals surface area contributed by atoms with Crippen LogP contribution in [0.1, 0.15) is 29.8 Å². The van der Waals surface area contributed by atoms with Crippen LogP contribution in [0.4, 0.5) is 0 Å². The van der Waals surface area contributed by atoms with Gasteiger partial charge in [-0.2, -0.15) is 0 Å². The van der Waals surface area contributed by atoms with Crippen LogP contribution in [0.3, 0.4) is 0 Å². The summed E-state index contributed by atoms with van der Waals surface area (Å²) in [6, 6.07) is 28.7. The van der Waals surface area contributed by atoms with E-state index in [4.69, 9.17) is 9.47 Å². The fourth-order valence-electron chi connectivity index (χ4n) is 6.11. The Bertz CT molecular complexity index is 1360. The summed E-state index contributed by atoms with van der Waals surface area (Å²) in [6.45, 7) is 0. The van der Waals surface area contributed by atoms with Gasteiger partial charge < -0.3 is 9.47 Å². The van der Waals surface area contributed by atoms with Gasteiger partial charge in [-0.1, -0.05) is 91.0 Å². The zero-order valence-electron chi connectivity index (χ0n) is 19.5. The highest BCUT2D eigenvalue weighted by molar-refractivity contribution is 7.95. The average Bonchev–Trinajstić information content (AvgIpc) is 3.46. The molecule has 5 heteroatoms. The molecule has 3 aliphatic carbocycles. The molecule has 3 aromatic carbocycles. The number of rotatable bonds is 8. The molecule has 0 N–H and O–H groups in total. The molecule has 35 heavy (non-hydrogen) atoms. The lowest BCUT2D eigenvalue weighted by molar-refractivity contribution is -0.0517. The minimum atomic E-state index is -3.67. The highest BCUT2D eigenvalue weighted by atomic mass is 32.2. The van der Waals surface area contributed by atoms with E-state index in [1.54, 1.807) is 31.4 Å². The van der Waals surface area contributed by atoms with Crippen molar-refractivity contribution in [1.29, 1.82) is 0 Å². The van der Waals surface area contributed by atoms with E-state index in [1.165, 1.54) is 0 Å². The summed E-state index contributed by atoms with van der Waals surface area (Å²) in [7, 11) is -2.00. The van der Waals surface area contributed by atoms with E-state index < -0.39 is 15.9 Å². The van der Waals surface area contributed by atoms with Gasteiger partial charge in [0.2, 0.25) is 9.84 Å². The molecule has 0 aromatic heterocycles. The van der Waals surface area contributed by atoms with Gasteiger partial charge in [-0.05, 0) is 41.5 Å². The molecule has 0 aliphatic heterocycles. The Hall–Kier alpha value is -3.15. The van der Waals surface area contributed by atoms with Crippen LogP contribution in [0.15, 0.2) is 119 Å². The second kappa shape index (κ2) is 8.81. The van der Waals surface area contributed by atoms with Gasteiger partial charge in [-0.25, -0.2) is 8.42 Å². The van der Waals surface area contributed by atoms with Crippen molar-refractivity contribution in [3.05, 3.63) is 125 Å². The van der Waals surface area contributed by atoms with E-state index in [0.717, 1.165) is 17.5 Å². The summed E-state index contributed by atoms with van der Waals surface area (Å²) in [4.78, 5) is 0.776. The Morgan fingerprint density at radius 1 is 0.714 bits per heavy atom. The SMILES string of the molecule is CO[C@H](c1ccccc1)[C@H](OC1=C(S(=O)(=O)c2ccccc2)[C@@H]2[C@H]1[C@H]1C=C[C@@H]2C1)c1ccccc1. The van der Waals surface area contributed by atoms with Gasteiger partial charge >= 0.3 is 0 Å². The smallest absolute Gasteiger partial charge is 0.206 e. The van der Waals surface area contributed by atoms with Crippen molar-refractivity contribution < 1.29 is 17.9 Å². The maximum absolute atomic E-state index is 13.9. The third-order valence-corrected chi connectivity index (χ3v) is 9.63. The van der Waals surface area contributed by atoms with Gasteiger partial charge in [0, 0.05) is 18.9 Å². The predicted octanol–water partition coefficient (Wildman–Crippen LogP) is 6.27. The molecule has 3 aliphatic rings. The van der Waals surface area contributed by atoms with E-state index >= 15 is 0 Å². The molecular formula is C30H28O4S. The highest BCUT2D eigenvalue weighted by Gasteiger charge is 2.60. The monoisotopic (exact) mass is 484 g/mol. The van der Waals surface area contributed by atoms with Gasteiger partial charge in [-0.15, -0.1) is 0 Å². The number of sulfone groups is 1. The van der Waals surface area contributed by atoms with Crippen molar-refractivity contribution in [2.45, 2.75) is 23.5 Å². The molecule has 0 saturated heterocycles. The number of fused-ring (bicyclic) bond motifs is 5. The normalized spacial score (nSPS) is 26.2. The fourth-order valence-corrected chi connectivity index (χ4v) is 8.00. The molecule has 3 aromatic rings. The zero-order valence-corrected chi connectivity index (χ0v) is 20.3. The Labute approximate surface area is 206 Å². The molecule has 6 rings (SSSR count). The zero-order chi connectivity index (χ0) is 24.0. The van der Waals surface area contributed by atoms with Crippen molar-refractivity contribution in [3.63, 3.8) is 0 Å². The maximum Gasteiger partial charge on any atom is 0.206 e. The summed E-state index contributed by atoms with van der Waals surface area (Å²) in [5.41, 5.74) is 1.94. The van der Waals surface area contributed by atoms with E-state index in [9.17, 15) is 8.42 Å². The minimum Gasteiger partial charge on any atom is -0.486 e. The number of ether oxygens (including phenoxy) is 2.